The largest absolute Gasteiger partial charge is 0.457 e. The molecule has 1 aliphatic heterocycles. The van der Waals surface area contributed by atoms with E-state index in [4.69, 9.17) is 15.6 Å². The van der Waals surface area contributed by atoms with Crippen LogP contribution >= 0.6 is 0 Å². The lowest BCUT2D eigenvalue weighted by molar-refractivity contribution is 0.0758. The van der Waals surface area contributed by atoms with Gasteiger partial charge in [-0.1, -0.05) is 18.2 Å². The van der Waals surface area contributed by atoms with Gasteiger partial charge in [0.1, 0.15) is 17.2 Å². The first-order valence-corrected chi connectivity index (χ1v) is 10.0. The molecule has 2 aliphatic rings. The van der Waals surface area contributed by atoms with Crippen LogP contribution in [-0.2, 0) is 0 Å². The Morgan fingerprint density at radius 1 is 1.10 bits per heavy atom. The molecule has 1 aliphatic carbocycles. The second kappa shape index (κ2) is 7.04. The Kier molecular flexibility index (Phi) is 4.36. The normalized spacial score (nSPS) is 23.1. The van der Waals surface area contributed by atoms with Gasteiger partial charge < -0.3 is 15.8 Å². The predicted octanol–water partition coefficient (Wildman–Crippen LogP) is 3.76. The van der Waals surface area contributed by atoms with E-state index in [2.05, 4.69) is 5.32 Å². The van der Waals surface area contributed by atoms with Crippen LogP contribution in [0.25, 0.3) is 11.3 Å². The molecule has 0 radical (unpaired) electrons. The van der Waals surface area contributed by atoms with Gasteiger partial charge in [-0.15, -0.1) is 0 Å². The van der Waals surface area contributed by atoms with E-state index in [0.29, 0.717) is 22.7 Å². The number of hydrogen-bond acceptors (Lipinski definition) is 4. The third-order valence-electron chi connectivity index (χ3n) is 6.15. The maximum absolute atomic E-state index is 12.0. The van der Waals surface area contributed by atoms with Crippen LogP contribution in [0.15, 0.2) is 60.8 Å². The summed E-state index contributed by atoms with van der Waals surface area (Å²) < 4.78 is 7.79. The fourth-order valence-corrected chi connectivity index (χ4v) is 4.55. The Morgan fingerprint density at radius 3 is 2.48 bits per heavy atom. The molecule has 6 nitrogen and oxygen atoms in total. The van der Waals surface area contributed by atoms with E-state index in [0.717, 1.165) is 43.0 Å². The second-order valence-electron chi connectivity index (χ2n) is 8.16. The van der Waals surface area contributed by atoms with Crippen molar-refractivity contribution in [1.29, 1.82) is 0 Å². The van der Waals surface area contributed by atoms with Crippen LogP contribution in [0.1, 0.15) is 35.7 Å². The zero-order chi connectivity index (χ0) is 19.8. The summed E-state index contributed by atoms with van der Waals surface area (Å²) in [6.45, 7) is 2.18. The van der Waals surface area contributed by atoms with Crippen molar-refractivity contribution in [1.82, 2.24) is 15.1 Å². The van der Waals surface area contributed by atoms with Gasteiger partial charge in [0.25, 0.3) is 5.91 Å². The number of nitrogens with one attached hydrogen (secondary N) is 1. The number of nitrogens with two attached hydrogens (primary N) is 1. The summed E-state index contributed by atoms with van der Waals surface area (Å²) in [6, 6.07) is 17.6. The molecule has 29 heavy (non-hydrogen) atoms. The van der Waals surface area contributed by atoms with Gasteiger partial charge >= 0.3 is 0 Å². The van der Waals surface area contributed by atoms with Gasteiger partial charge in [-0.05, 0) is 67.6 Å². The first kappa shape index (κ1) is 17.9. The number of nitrogens with zero attached hydrogens (tertiary/aromatic N) is 2. The van der Waals surface area contributed by atoms with Gasteiger partial charge in [-0.2, -0.15) is 5.10 Å². The quantitative estimate of drug-likeness (QED) is 0.697. The van der Waals surface area contributed by atoms with Crippen LogP contribution in [0.5, 0.6) is 11.5 Å². The topological polar surface area (TPSA) is 82.2 Å². The molecule has 3 N–H and O–H groups in total. The highest BCUT2D eigenvalue weighted by Gasteiger charge is 2.47. The number of benzene rings is 2. The lowest BCUT2D eigenvalue weighted by atomic mass is 9.65. The van der Waals surface area contributed by atoms with Gasteiger partial charge in [0.2, 0.25) is 0 Å². The lowest BCUT2D eigenvalue weighted by Crippen LogP contribution is -2.40. The maximum Gasteiger partial charge on any atom is 0.252 e. The van der Waals surface area contributed by atoms with E-state index in [9.17, 15) is 4.79 Å². The van der Waals surface area contributed by atoms with Crippen molar-refractivity contribution >= 4 is 5.91 Å². The van der Waals surface area contributed by atoms with E-state index in [1.54, 1.807) is 0 Å². The molecule has 0 bridgehead atoms. The second-order valence-corrected chi connectivity index (χ2v) is 8.16. The fraction of sp³-hybridized carbons (Fsp3) is 0.304. The van der Waals surface area contributed by atoms with Crippen molar-refractivity contribution in [3.63, 3.8) is 0 Å². The Balaban J connectivity index is 1.37. The van der Waals surface area contributed by atoms with Gasteiger partial charge in [0.15, 0.2) is 0 Å². The van der Waals surface area contributed by atoms with E-state index in [-0.39, 0.29) is 0 Å². The molecular weight excluding hydrogens is 364 g/mol. The SMILES string of the molecule is NC(=O)c1cn([C@H]2C[C@@]3(CCNC3)C2)nc1-c1ccc(Oc2ccccc2)cc1. The van der Waals surface area contributed by atoms with Crippen LogP contribution < -0.4 is 15.8 Å². The van der Waals surface area contributed by atoms with Crippen molar-refractivity contribution in [3.05, 3.63) is 66.4 Å². The number of rotatable bonds is 5. The Morgan fingerprint density at radius 2 is 1.83 bits per heavy atom. The molecule has 2 heterocycles. The molecule has 2 fully saturated rings. The number of carbonyl (C=O) groups excluding carboxylic acids is 1. The Labute approximate surface area is 169 Å². The van der Waals surface area contributed by atoms with Crippen molar-refractivity contribution < 1.29 is 9.53 Å². The Hall–Kier alpha value is -3.12. The summed E-state index contributed by atoms with van der Waals surface area (Å²) in [7, 11) is 0. The summed E-state index contributed by atoms with van der Waals surface area (Å²) in [5.74, 6) is 1.06. The average Bonchev–Trinajstić information content (AvgIpc) is 3.36. The minimum Gasteiger partial charge on any atom is -0.457 e. The summed E-state index contributed by atoms with van der Waals surface area (Å²) in [6.07, 6.45) is 5.24. The number of para-hydroxylation sites is 1. The first-order valence-electron chi connectivity index (χ1n) is 10.0. The smallest absolute Gasteiger partial charge is 0.252 e. The molecule has 148 valence electrons. The monoisotopic (exact) mass is 388 g/mol. The molecule has 5 rings (SSSR count). The van der Waals surface area contributed by atoms with Crippen LogP contribution in [0, 0.1) is 5.41 Å². The number of carbonyl (C=O) groups is 1. The Bertz CT molecular complexity index is 1010. The minimum absolute atomic E-state index is 0.336. The summed E-state index contributed by atoms with van der Waals surface area (Å²) in [5, 5.41) is 8.20. The molecule has 0 atom stereocenters. The highest BCUT2D eigenvalue weighted by atomic mass is 16.5. The molecule has 1 amide bonds. The maximum atomic E-state index is 12.0. The molecule has 2 aromatic carbocycles. The summed E-state index contributed by atoms with van der Waals surface area (Å²) in [5.41, 5.74) is 8.02. The van der Waals surface area contributed by atoms with Crippen molar-refractivity contribution in [2.24, 2.45) is 11.1 Å². The van der Waals surface area contributed by atoms with Crippen LogP contribution in [-0.4, -0.2) is 28.8 Å². The van der Waals surface area contributed by atoms with Crippen LogP contribution in [0.4, 0.5) is 0 Å². The number of primary amides is 1. The van der Waals surface area contributed by atoms with Crippen molar-refractivity contribution in [2.45, 2.75) is 25.3 Å². The average molecular weight is 388 g/mol. The molecule has 1 saturated heterocycles. The molecular formula is C23H24N4O2. The van der Waals surface area contributed by atoms with Crippen molar-refractivity contribution in [3.8, 4) is 22.8 Å². The molecule has 3 aromatic rings. The van der Waals surface area contributed by atoms with Gasteiger partial charge in [-0.25, -0.2) is 0 Å². The van der Waals surface area contributed by atoms with E-state index >= 15 is 0 Å². The third kappa shape index (κ3) is 3.40. The number of aromatic nitrogens is 2. The van der Waals surface area contributed by atoms with Crippen molar-refractivity contribution in [2.75, 3.05) is 13.1 Å². The number of hydrogen-bond donors (Lipinski definition) is 2. The minimum atomic E-state index is -0.451. The van der Waals surface area contributed by atoms with Gasteiger partial charge in [0.05, 0.1) is 11.6 Å². The molecule has 1 saturated carbocycles. The van der Waals surface area contributed by atoms with Crippen LogP contribution in [0.3, 0.4) is 0 Å². The zero-order valence-corrected chi connectivity index (χ0v) is 16.2. The van der Waals surface area contributed by atoms with Gasteiger partial charge in [0, 0.05) is 18.3 Å². The summed E-state index contributed by atoms with van der Waals surface area (Å²) in [4.78, 5) is 12.0. The third-order valence-corrected chi connectivity index (χ3v) is 6.15. The standard InChI is InChI=1S/C23H24N4O2/c24-22(28)20-14-27(17-12-23(13-17)10-11-25-15-23)26-21(20)16-6-8-19(9-7-16)29-18-4-2-1-3-5-18/h1-9,14,17,25H,10-13,15H2,(H2,24,28)/t17-,23-. The zero-order valence-electron chi connectivity index (χ0n) is 16.2. The van der Waals surface area contributed by atoms with Crippen LogP contribution in [0.2, 0.25) is 0 Å². The van der Waals surface area contributed by atoms with E-state index in [1.807, 2.05) is 65.5 Å². The molecule has 1 aromatic heterocycles. The predicted molar refractivity (Wildman–Crippen MR) is 111 cm³/mol. The fourth-order valence-electron chi connectivity index (χ4n) is 4.55. The van der Waals surface area contributed by atoms with Gasteiger partial charge in [-0.3, -0.25) is 9.48 Å². The molecule has 0 unspecified atom stereocenters. The van der Waals surface area contributed by atoms with E-state index in [1.165, 1.54) is 6.42 Å². The summed E-state index contributed by atoms with van der Waals surface area (Å²) >= 11 is 0. The highest BCUT2D eigenvalue weighted by molar-refractivity contribution is 5.98. The first-order chi connectivity index (χ1) is 14.1. The highest BCUT2D eigenvalue weighted by Crippen LogP contribution is 2.52. The molecule has 6 heteroatoms. The number of ether oxygens (including phenoxy) is 1. The lowest BCUT2D eigenvalue weighted by Gasteiger charge is -2.44. The molecule has 1 spiro atoms. The van der Waals surface area contributed by atoms with E-state index < -0.39 is 5.91 Å². The number of amides is 1.